The van der Waals surface area contributed by atoms with E-state index in [0.29, 0.717) is 38.5 Å². The molecule has 1 fully saturated rings. The van der Waals surface area contributed by atoms with Crippen molar-refractivity contribution in [3.05, 3.63) is 29.3 Å². The smallest absolute Gasteiger partial charge is 0.242 e. The molecule has 0 radical (unpaired) electrons. The van der Waals surface area contributed by atoms with Gasteiger partial charge in [0.2, 0.25) is 21.8 Å². The summed E-state index contributed by atoms with van der Waals surface area (Å²) in [7, 11) is -3.76. The first kappa shape index (κ1) is 22.6. The van der Waals surface area contributed by atoms with Crippen molar-refractivity contribution < 1.29 is 18.0 Å². The topological polar surface area (TPSA) is 86.8 Å². The molecule has 1 aliphatic rings. The molecule has 7 nitrogen and oxygen atoms in total. The van der Waals surface area contributed by atoms with Crippen LogP contribution in [0.3, 0.4) is 0 Å². The molecule has 0 bridgehead atoms. The maximum atomic E-state index is 12.3. The minimum absolute atomic E-state index is 0.0000763. The van der Waals surface area contributed by atoms with Crippen LogP contribution in [0, 0.1) is 5.92 Å². The lowest BCUT2D eigenvalue weighted by molar-refractivity contribution is -0.139. The van der Waals surface area contributed by atoms with Crippen LogP contribution in [0.4, 0.5) is 0 Å². The van der Waals surface area contributed by atoms with Gasteiger partial charge in [0.05, 0.1) is 5.02 Å². The van der Waals surface area contributed by atoms with Crippen LogP contribution in [0.1, 0.15) is 33.1 Å². The summed E-state index contributed by atoms with van der Waals surface area (Å²) in [4.78, 5) is 28.0. The molecule has 1 heterocycles. The quantitative estimate of drug-likeness (QED) is 0.685. The number of hydrogen-bond donors (Lipinski definition) is 1. The molecule has 1 aromatic rings. The van der Waals surface area contributed by atoms with Crippen LogP contribution in [-0.2, 0) is 19.6 Å². The highest BCUT2D eigenvalue weighted by Crippen LogP contribution is 2.20. The Bertz CT molecular complexity index is 790. The predicted octanol–water partition coefficient (Wildman–Crippen LogP) is 2.12. The Hall–Kier alpha value is -1.64. The molecule has 0 spiro atoms. The zero-order valence-corrected chi connectivity index (χ0v) is 17.9. The lowest BCUT2D eigenvalue weighted by Crippen LogP contribution is -2.51. The number of piperazine rings is 1. The van der Waals surface area contributed by atoms with Crippen molar-refractivity contribution in [3.8, 4) is 0 Å². The van der Waals surface area contributed by atoms with Gasteiger partial charge in [-0.2, -0.15) is 0 Å². The van der Waals surface area contributed by atoms with Crippen LogP contribution in [0.5, 0.6) is 0 Å². The van der Waals surface area contributed by atoms with Gasteiger partial charge in [-0.3, -0.25) is 9.59 Å². The molecule has 1 aliphatic heterocycles. The summed E-state index contributed by atoms with van der Waals surface area (Å²) in [5.41, 5.74) is 0. The Balaban J connectivity index is 1.76. The number of carbonyl (C=O) groups is 2. The van der Waals surface area contributed by atoms with Gasteiger partial charge in [0.25, 0.3) is 0 Å². The van der Waals surface area contributed by atoms with Gasteiger partial charge in [-0.1, -0.05) is 37.6 Å². The molecule has 2 amide bonds. The summed E-state index contributed by atoms with van der Waals surface area (Å²) in [5.74, 6) is 0.491. The largest absolute Gasteiger partial charge is 0.339 e. The molecule has 1 N–H and O–H groups in total. The van der Waals surface area contributed by atoms with Crippen molar-refractivity contribution in [1.82, 2.24) is 14.5 Å². The maximum absolute atomic E-state index is 12.3. The number of hydrogen-bond acceptors (Lipinski definition) is 4. The Morgan fingerprint density at radius 3 is 2.11 bits per heavy atom. The molecule has 1 saturated heterocycles. The second-order valence-electron chi connectivity index (χ2n) is 7.27. The second-order valence-corrected chi connectivity index (χ2v) is 9.41. The molecular formula is C19H28ClN3O4S. The number of amides is 2. The number of rotatable bonds is 8. The normalized spacial score (nSPS) is 15.1. The van der Waals surface area contributed by atoms with Gasteiger partial charge in [0.15, 0.2) is 0 Å². The van der Waals surface area contributed by atoms with Crippen molar-refractivity contribution in [2.24, 2.45) is 5.92 Å². The number of nitrogens with one attached hydrogen (secondary N) is 1. The number of carbonyl (C=O) groups excluding carboxylic acids is 2. The van der Waals surface area contributed by atoms with Crippen molar-refractivity contribution >= 4 is 33.4 Å². The van der Waals surface area contributed by atoms with Crippen LogP contribution < -0.4 is 4.72 Å². The van der Waals surface area contributed by atoms with E-state index in [2.05, 4.69) is 18.6 Å². The summed E-state index contributed by atoms with van der Waals surface area (Å²) in [6.07, 6.45) is 1.46. The van der Waals surface area contributed by atoms with E-state index < -0.39 is 10.0 Å². The van der Waals surface area contributed by atoms with Gasteiger partial charge >= 0.3 is 0 Å². The first-order valence-corrected chi connectivity index (χ1v) is 11.4. The molecule has 2 rings (SSSR count). The molecule has 9 heteroatoms. The Kier molecular flexibility index (Phi) is 8.27. The van der Waals surface area contributed by atoms with Gasteiger partial charge < -0.3 is 9.80 Å². The predicted molar refractivity (Wildman–Crippen MR) is 108 cm³/mol. The van der Waals surface area contributed by atoms with Crippen LogP contribution in [0.15, 0.2) is 29.2 Å². The fourth-order valence-corrected chi connectivity index (χ4v) is 4.52. The molecule has 0 aliphatic carbocycles. The molecular weight excluding hydrogens is 402 g/mol. The summed E-state index contributed by atoms with van der Waals surface area (Å²) >= 11 is 5.92. The second kappa shape index (κ2) is 10.2. The standard InChI is InChI=1S/C19H28ClN3O4S/c1-15(2)7-8-18(24)22-11-13-23(14-12-22)19(25)9-10-21-28(26,27)17-6-4-3-5-16(17)20/h3-6,15,21H,7-14H2,1-2H3. The van der Waals surface area contributed by atoms with Crippen molar-refractivity contribution in [1.29, 1.82) is 0 Å². The number of nitrogens with zero attached hydrogens (tertiary/aromatic N) is 2. The minimum atomic E-state index is -3.76. The highest BCUT2D eigenvalue weighted by atomic mass is 35.5. The van der Waals surface area contributed by atoms with E-state index >= 15 is 0 Å². The van der Waals surface area contributed by atoms with E-state index in [1.54, 1.807) is 21.9 Å². The first-order chi connectivity index (χ1) is 13.2. The van der Waals surface area contributed by atoms with E-state index in [1.807, 2.05) is 0 Å². The SMILES string of the molecule is CC(C)CCC(=O)N1CCN(C(=O)CCNS(=O)(=O)c2ccccc2Cl)CC1. The zero-order chi connectivity index (χ0) is 20.7. The van der Waals surface area contributed by atoms with Crippen molar-refractivity contribution in [2.75, 3.05) is 32.7 Å². The Morgan fingerprint density at radius 2 is 1.57 bits per heavy atom. The molecule has 28 heavy (non-hydrogen) atoms. The van der Waals surface area contributed by atoms with Gasteiger partial charge in [-0.15, -0.1) is 0 Å². The highest BCUT2D eigenvalue weighted by molar-refractivity contribution is 7.89. The fourth-order valence-electron chi connectivity index (χ4n) is 2.97. The fraction of sp³-hybridized carbons (Fsp3) is 0.579. The van der Waals surface area contributed by atoms with Crippen molar-refractivity contribution in [3.63, 3.8) is 0 Å². The summed E-state index contributed by atoms with van der Waals surface area (Å²) in [6, 6.07) is 6.16. The molecule has 0 aromatic heterocycles. The average molecular weight is 430 g/mol. The van der Waals surface area contributed by atoms with Gasteiger partial charge in [0.1, 0.15) is 4.90 Å². The van der Waals surface area contributed by atoms with E-state index in [-0.39, 0.29) is 34.7 Å². The maximum Gasteiger partial charge on any atom is 0.242 e. The molecule has 0 atom stereocenters. The first-order valence-electron chi connectivity index (χ1n) is 9.50. The van der Waals surface area contributed by atoms with Gasteiger partial charge in [0, 0.05) is 45.6 Å². The van der Waals surface area contributed by atoms with E-state index in [4.69, 9.17) is 11.6 Å². The van der Waals surface area contributed by atoms with Gasteiger partial charge in [-0.25, -0.2) is 13.1 Å². The monoisotopic (exact) mass is 429 g/mol. The third-order valence-corrected chi connectivity index (χ3v) is 6.64. The van der Waals surface area contributed by atoms with Crippen molar-refractivity contribution in [2.45, 2.75) is 38.0 Å². The Labute approximate surface area is 172 Å². The number of benzene rings is 1. The third kappa shape index (κ3) is 6.46. The number of halogens is 1. The van der Waals surface area contributed by atoms with Crippen LogP contribution in [0.25, 0.3) is 0 Å². The number of sulfonamides is 1. The molecule has 0 saturated carbocycles. The van der Waals surface area contributed by atoms with E-state index in [0.717, 1.165) is 6.42 Å². The molecule has 0 unspecified atom stereocenters. The third-order valence-electron chi connectivity index (χ3n) is 4.68. The summed E-state index contributed by atoms with van der Waals surface area (Å²) < 4.78 is 27.0. The van der Waals surface area contributed by atoms with Crippen LogP contribution >= 0.6 is 11.6 Å². The summed E-state index contributed by atoms with van der Waals surface area (Å²) in [5, 5.41) is 0.139. The van der Waals surface area contributed by atoms with E-state index in [1.165, 1.54) is 12.1 Å². The van der Waals surface area contributed by atoms with Crippen LogP contribution in [0.2, 0.25) is 5.02 Å². The average Bonchev–Trinajstić information content (AvgIpc) is 2.66. The lowest BCUT2D eigenvalue weighted by atomic mass is 10.1. The van der Waals surface area contributed by atoms with Crippen LogP contribution in [-0.4, -0.2) is 62.8 Å². The van der Waals surface area contributed by atoms with Gasteiger partial charge in [-0.05, 0) is 24.5 Å². The minimum Gasteiger partial charge on any atom is -0.339 e. The van der Waals surface area contributed by atoms with E-state index in [9.17, 15) is 18.0 Å². The summed E-state index contributed by atoms with van der Waals surface area (Å²) in [6.45, 7) is 6.17. The Morgan fingerprint density at radius 1 is 1.04 bits per heavy atom. The molecule has 1 aromatic carbocycles. The highest BCUT2D eigenvalue weighted by Gasteiger charge is 2.24. The lowest BCUT2D eigenvalue weighted by Gasteiger charge is -2.35. The zero-order valence-electron chi connectivity index (χ0n) is 16.4. The molecule has 156 valence electrons.